The van der Waals surface area contributed by atoms with E-state index in [1.807, 2.05) is 6.20 Å². The van der Waals surface area contributed by atoms with Crippen molar-refractivity contribution in [2.75, 3.05) is 5.32 Å². The highest BCUT2D eigenvalue weighted by Gasteiger charge is 2.34. The third-order valence-corrected chi connectivity index (χ3v) is 5.25. The SMILES string of the molecule is CCc1cnc(NC(=O)CC2CC3CCC(C2)N3)s1.Cl. The molecular weight excluding hydrogens is 294 g/mol. The number of fused-ring (bicyclic) bond motifs is 2. The van der Waals surface area contributed by atoms with E-state index in [1.54, 1.807) is 11.3 Å². The van der Waals surface area contributed by atoms with Crippen molar-refractivity contribution in [3.63, 3.8) is 0 Å². The van der Waals surface area contributed by atoms with E-state index >= 15 is 0 Å². The first-order chi connectivity index (χ1) is 9.22. The molecule has 0 spiro atoms. The third kappa shape index (κ3) is 3.71. The molecule has 1 aromatic rings. The fraction of sp³-hybridized carbons (Fsp3) is 0.714. The van der Waals surface area contributed by atoms with Crippen molar-refractivity contribution in [2.45, 2.75) is 57.5 Å². The smallest absolute Gasteiger partial charge is 0.226 e. The topological polar surface area (TPSA) is 54.0 Å². The Morgan fingerprint density at radius 2 is 2.15 bits per heavy atom. The number of hydrogen-bond acceptors (Lipinski definition) is 4. The van der Waals surface area contributed by atoms with E-state index < -0.39 is 0 Å². The molecule has 20 heavy (non-hydrogen) atoms. The number of hydrogen-bond donors (Lipinski definition) is 2. The van der Waals surface area contributed by atoms with Gasteiger partial charge in [0, 0.05) is 29.6 Å². The number of aromatic nitrogens is 1. The number of carbonyl (C=O) groups excluding carboxylic acids is 1. The molecule has 0 saturated carbocycles. The molecule has 1 aromatic heterocycles. The number of piperidine rings is 1. The Balaban J connectivity index is 0.00000147. The highest BCUT2D eigenvalue weighted by atomic mass is 35.5. The molecule has 2 saturated heterocycles. The van der Waals surface area contributed by atoms with Crippen molar-refractivity contribution in [1.82, 2.24) is 10.3 Å². The molecule has 2 fully saturated rings. The normalized spacial score (nSPS) is 27.9. The molecule has 2 bridgehead atoms. The molecule has 112 valence electrons. The van der Waals surface area contributed by atoms with E-state index in [0.29, 0.717) is 24.4 Å². The van der Waals surface area contributed by atoms with Crippen LogP contribution < -0.4 is 10.6 Å². The zero-order chi connectivity index (χ0) is 13.2. The minimum absolute atomic E-state index is 0. The summed E-state index contributed by atoms with van der Waals surface area (Å²) in [5, 5.41) is 7.30. The number of halogens is 1. The van der Waals surface area contributed by atoms with Crippen LogP contribution in [0.4, 0.5) is 5.13 Å². The second kappa shape index (κ2) is 6.87. The molecule has 3 heterocycles. The predicted molar refractivity (Wildman–Crippen MR) is 84.7 cm³/mol. The fourth-order valence-corrected chi connectivity index (χ4v) is 4.07. The van der Waals surface area contributed by atoms with Crippen molar-refractivity contribution < 1.29 is 4.79 Å². The minimum atomic E-state index is 0. The number of nitrogens with one attached hydrogen (secondary N) is 2. The highest BCUT2D eigenvalue weighted by Crippen LogP contribution is 2.32. The number of carbonyl (C=O) groups is 1. The van der Waals surface area contributed by atoms with E-state index in [0.717, 1.165) is 24.4 Å². The second-order valence-electron chi connectivity index (χ2n) is 5.71. The molecule has 3 rings (SSSR count). The quantitative estimate of drug-likeness (QED) is 0.898. The first-order valence-electron chi connectivity index (χ1n) is 7.23. The van der Waals surface area contributed by atoms with Crippen LogP contribution in [0.5, 0.6) is 0 Å². The lowest BCUT2D eigenvalue weighted by Gasteiger charge is -2.28. The summed E-state index contributed by atoms with van der Waals surface area (Å²) >= 11 is 1.58. The summed E-state index contributed by atoms with van der Waals surface area (Å²) in [6, 6.07) is 1.31. The zero-order valence-corrected chi connectivity index (χ0v) is 13.4. The van der Waals surface area contributed by atoms with Crippen molar-refractivity contribution >= 4 is 34.8 Å². The lowest BCUT2D eigenvalue weighted by atomic mass is 9.89. The summed E-state index contributed by atoms with van der Waals surface area (Å²) in [7, 11) is 0. The van der Waals surface area contributed by atoms with Crippen molar-refractivity contribution in [3.05, 3.63) is 11.1 Å². The van der Waals surface area contributed by atoms with E-state index in [4.69, 9.17) is 0 Å². The zero-order valence-electron chi connectivity index (χ0n) is 11.7. The van der Waals surface area contributed by atoms with E-state index in [9.17, 15) is 4.79 Å². The first-order valence-corrected chi connectivity index (χ1v) is 8.05. The van der Waals surface area contributed by atoms with Gasteiger partial charge in [-0.15, -0.1) is 23.7 Å². The van der Waals surface area contributed by atoms with Gasteiger partial charge in [0.05, 0.1) is 0 Å². The number of nitrogens with zero attached hydrogens (tertiary/aromatic N) is 1. The van der Waals surface area contributed by atoms with Gasteiger partial charge in [-0.3, -0.25) is 4.79 Å². The number of amides is 1. The summed E-state index contributed by atoms with van der Waals surface area (Å²) in [4.78, 5) is 17.5. The average molecular weight is 316 g/mol. The molecular formula is C14H22ClN3OS. The Labute approximate surface area is 130 Å². The van der Waals surface area contributed by atoms with Gasteiger partial charge >= 0.3 is 0 Å². The molecule has 2 aliphatic heterocycles. The van der Waals surface area contributed by atoms with Gasteiger partial charge in [0.1, 0.15) is 0 Å². The Bertz CT molecular complexity index is 453. The second-order valence-corrected chi connectivity index (χ2v) is 6.83. The van der Waals surface area contributed by atoms with Crippen molar-refractivity contribution in [3.8, 4) is 0 Å². The lowest BCUT2D eigenvalue weighted by molar-refractivity contribution is -0.117. The first kappa shape index (κ1) is 15.7. The van der Waals surface area contributed by atoms with Crippen LogP contribution in [0.1, 0.15) is 43.9 Å². The molecule has 2 atom stereocenters. The van der Waals surface area contributed by atoms with Crippen LogP contribution in [0.25, 0.3) is 0 Å². The van der Waals surface area contributed by atoms with E-state index in [-0.39, 0.29) is 18.3 Å². The maximum absolute atomic E-state index is 12.0. The van der Waals surface area contributed by atoms with Crippen LogP contribution in [0.3, 0.4) is 0 Å². The standard InChI is InChI=1S/C14H21N3OS.ClH/c1-2-12-8-15-14(19-12)17-13(18)7-9-5-10-3-4-11(6-9)16-10;/h8-11,16H,2-7H2,1H3,(H,15,17,18);1H. The van der Waals surface area contributed by atoms with Crippen LogP contribution in [0.15, 0.2) is 6.20 Å². The Hall–Kier alpha value is -0.650. The van der Waals surface area contributed by atoms with Gasteiger partial charge in [0.2, 0.25) is 5.91 Å². The fourth-order valence-electron chi connectivity index (χ4n) is 3.30. The third-order valence-electron chi connectivity index (χ3n) is 4.19. The molecule has 0 aromatic carbocycles. The Morgan fingerprint density at radius 3 is 2.75 bits per heavy atom. The van der Waals surface area contributed by atoms with Gasteiger partial charge in [0.15, 0.2) is 5.13 Å². The summed E-state index contributed by atoms with van der Waals surface area (Å²) < 4.78 is 0. The van der Waals surface area contributed by atoms with Gasteiger partial charge in [-0.25, -0.2) is 4.98 Å². The van der Waals surface area contributed by atoms with Gasteiger partial charge in [-0.2, -0.15) is 0 Å². The molecule has 0 aliphatic carbocycles. The van der Waals surface area contributed by atoms with Gasteiger partial charge in [0.25, 0.3) is 0 Å². The minimum Gasteiger partial charge on any atom is -0.311 e. The number of anilines is 1. The van der Waals surface area contributed by atoms with Crippen molar-refractivity contribution in [1.29, 1.82) is 0 Å². The molecule has 2 aliphatic rings. The van der Waals surface area contributed by atoms with Gasteiger partial charge in [-0.05, 0) is 38.0 Å². The Morgan fingerprint density at radius 1 is 1.45 bits per heavy atom. The molecule has 4 nitrogen and oxygen atoms in total. The largest absolute Gasteiger partial charge is 0.311 e. The number of thiazole rings is 1. The van der Waals surface area contributed by atoms with E-state index in [1.165, 1.54) is 17.7 Å². The summed E-state index contributed by atoms with van der Waals surface area (Å²) in [6.07, 6.45) is 8.36. The number of aryl methyl sites for hydroxylation is 1. The van der Waals surface area contributed by atoms with Crippen LogP contribution >= 0.6 is 23.7 Å². The predicted octanol–water partition coefficient (Wildman–Crippen LogP) is 2.99. The highest BCUT2D eigenvalue weighted by molar-refractivity contribution is 7.15. The van der Waals surface area contributed by atoms with Gasteiger partial charge in [-0.1, -0.05) is 6.92 Å². The van der Waals surface area contributed by atoms with Crippen LogP contribution in [0.2, 0.25) is 0 Å². The van der Waals surface area contributed by atoms with Crippen LogP contribution in [-0.2, 0) is 11.2 Å². The summed E-state index contributed by atoms with van der Waals surface area (Å²) in [5.74, 6) is 0.674. The Kier molecular flexibility index (Phi) is 5.41. The molecule has 2 unspecified atom stereocenters. The molecule has 6 heteroatoms. The molecule has 0 radical (unpaired) electrons. The summed E-state index contributed by atoms with van der Waals surface area (Å²) in [6.45, 7) is 2.10. The van der Waals surface area contributed by atoms with Crippen LogP contribution in [0, 0.1) is 5.92 Å². The monoisotopic (exact) mass is 315 g/mol. The van der Waals surface area contributed by atoms with Crippen LogP contribution in [-0.4, -0.2) is 23.0 Å². The maximum atomic E-state index is 12.0. The average Bonchev–Trinajstić information content (AvgIpc) is 2.96. The summed E-state index contributed by atoms with van der Waals surface area (Å²) in [5.41, 5.74) is 0. The lowest BCUT2D eigenvalue weighted by Crippen LogP contribution is -2.39. The molecule has 2 N–H and O–H groups in total. The van der Waals surface area contributed by atoms with Gasteiger partial charge < -0.3 is 10.6 Å². The molecule has 1 amide bonds. The maximum Gasteiger partial charge on any atom is 0.226 e. The van der Waals surface area contributed by atoms with Crippen molar-refractivity contribution in [2.24, 2.45) is 5.92 Å². The van der Waals surface area contributed by atoms with E-state index in [2.05, 4.69) is 22.5 Å². The number of rotatable bonds is 4.